The van der Waals surface area contributed by atoms with E-state index in [2.05, 4.69) is 54.6 Å². The highest BCUT2D eigenvalue weighted by Crippen LogP contribution is 2.43. The minimum absolute atomic E-state index is 0.521. The van der Waals surface area contributed by atoms with Crippen LogP contribution in [0, 0.1) is 0 Å². The maximum absolute atomic E-state index is 6.49. The van der Waals surface area contributed by atoms with Crippen molar-refractivity contribution in [2.75, 3.05) is 11.5 Å². The third kappa shape index (κ3) is 3.36. The smallest absolute Gasteiger partial charge is 0.0400 e. The van der Waals surface area contributed by atoms with E-state index in [0.29, 0.717) is 6.54 Å². The van der Waals surface area contributed by atoms with E-state index < -0.39 is 0 Å². The van der Waals surface area contributed by atoms with E-state index in [1.807, 2.05) is 36.4 Å². The molecule has 3 heteroatoms. The minimum Gasteiger partial charge on any atom is -0.399 e. The third-order valence-corrected chi connectivity index (χ3v) is 5.00. The van der Waals surface area contributed by atoms with Crippen molar-refractivity contribution in [3.8, 4) is 33.4 Å². The van der Waals surface area contributed by atoms with Gasteiger partial charge in [0.25, 0.3) is 0 Å². The van der Waals surface area contributed by atoms with Gasteiger partial charge in [-0.05, 0) is 51.6 Å². The van der Waals surface area contributed by atoms with Gasteiger partial charge in [-0.15, -0.1) is 0 Å². The molecule has 4 rings (SSSR count). The first-order chi connectivity index (χ1) is 13.7. The van der Waals surface area contributed by atoms with E-state index in [9.17, 15) is 0 Å². The van der Waals surface area contributed by atoms with E-state index >= 15 is 0 Å². The Bertz CT molecular complexity index is 1080. The van der Waals surface area contributed by atoms with Crippen LogP contribution < -0.4 is 17.2 Å². The first kappa shape index (κ1) is 17.8. The summed E-state index contributed by atoms with van der Waals surface area (Å²) in [4.78, 5) is 0. The molecule has 0 bridgehead atoms. The van der Waals surface area contributed by atoms with Crippen LogP contribution in [0.2, 0.25) is 0 Å². The molecule has 0 amide bonds. The highest BCUT2D eigenvalue weighted by molar-refractivity contribution is 5.99. The highest BCUT2D eigenvalue weighted by Gasteiger charge is 2.17. The number of hydrogen-bond donors (Lipinski definition) is 3. The molecule has 0 fully saturated rings. The quantitative estimate of drug-likeness (QED) is 0.429. The molecule has 0 saturated carbocycles. The molecule has 0 aromatic heterocycles. The zero-order valence-corrected chi connectivity index (χ0v) is 15.6. The largest absolute Gasteiger partial charge is 0.399 e. The summed E-state index contributed by atoms with van der Waals surface area (Å²) in [5.74, 6) is 0. The maximum atomic E-state index is 6.49. The third-order valence-electron chi connectivity index (χ3n) is 5.00. The van der Waals surface area contributed by atoms with Gasteiger partial charge in [0.15, 0.2) is 0 Å². The molecule has 6 N–H and O–H groups in total. The SMILES string of the molecule is NCc1ccc(-c2c(N)ccc(-c3ccc(N)cc3)c2-c2ccccc2)cc1. The van der Waals surface area contributed by atoms with Crippen LogP contribution in [0.5, 0.6) is 0 Å². The van der Waals surface area contributed by atoms with Crippen LogP contribution in [0.4, 0.5) is 11.4 Å². The van der Waals surface area contributed by atoms with Gasteiger partial charge in [-0.1, -0.05) is 72.8 Å². The van der Waals surface area contributed by atoms with Crippen molar-refractivity contribution >= 4 is 11.4 Å². The van der Waals surface area contributed by atoms with E-state index in [1.54, 1.807) is 0 Å². The molecule has 0 saturated heterocycles. The lowest BCUT2D eigenvalue weighted by Crippen LogP contribution is -1.98. The Morgan fingerprint density at radius 3 is 1.79 bits per heavy atom. The molecule has 3 nitrogen and oxygen atoms in total. The summed E-state index contributed by atoms with van der Waals surface area (Å²) in [6.07, 6.45) is 0. The van der Waals surface area contributed by atoms with Gasteiger partial charge in [0.2, 0.25) is 0 Å². The van der Waals surface area contributed by atoms with Crippen LogP contribution in [0.3, 0.4) is 0 Å². The molecule has 0 atom stereocenters. The first-order valence-corrected chi connectivity index (χ1v) is 9.30. The normalized spacial score (nSPS) is 10.8. The van der Waals surface area contributed by atoms with Crippen molar-refractivity contribution in [1.82, 2.24) is 0 Å². The first-order valence-electron chi connectivity index (χ1n) is 9.30. The average Bonchev–Trinajstić information content (AvgIpc) is 2.75. The summed E-state index contributed by atoms with van der Waals surface area (Å²) in [6, 6.07) is 30.7. The second-order valence-corrected chi connectivity index (χ2v) is 6.84. The zero-order chi connectivity index (χ0) is 19.5. The number of nitrogen functional groups attached to an aromatic ring is 2. The molecule has 0 aliphatic heterocycles. The predicted octanol–water partition coefficient (Wildman–Crippen LogP) is 5.31. The molecule has 0 aliphatic rings. The maximum Gasteiger partial charge on any atom is 0.0400 e. The molecular formula is C25H23N3. The summed E-state index contributed by atoms with van der Waals surface area (Å²) in [5, 5.41) is 0. The van der Waals surface area contributed by atoms with Crippen LogP contribution in [0.25, 0.3) is 33.4 Å². The second-order valence-electron chi connectivity index (χ2n) is 6.84. The van der Waals surface area contributed by atoms with Crippen LogP contribution in [-0.2, 0) is 6.54 Å². The molecular weight excluding hydrogens is 342 g/mol. The fourth-order valence-corrected chi connectivity index (χ4v) is 3.55. The van der Waals surface area contributed by atoms with Crippen LogP contribution >= 0.6 is 0 Å². The molecule has 0 spiro atoms. The van der Waals surface area contributed by atoms with Gasteiger partial charge in [-0.3, -0.25) is 0 Å². The Labute approximate surface area is 165 Å². The summed E-state index contributed by atoms with van der Waals surface area (Å²) in [7, 11) is 0. The average molecular weight is 365 g/mol. The van der Waals surface area contributed by atoms with Gasteiger partial charge in [0, 0.05) is 23.5 Å². The van der Waals surface area contributed by atoms with Crippen LogP contribution in [0.1, 0.15) is 5.56 Å². The fraction of sp³-hybridized carbons (Fsp3) is 0.0400. The Morgan fingerprint density at radius 1 is 0.536 bits per heavy atom. The van der Waals surface area contributed by atoms with E-state index in [4.69, 9.17) is 17.2 Å². The minimum atomic E-state index is 0.521. The fourth-order valence-electron chi connectivity index (χ4n) is 3.55. The van der Waals surface area contributed by atoms with Gasteiger partial charge in [0.1, 0.15) is 0 Å². The van der Waals surface area contributed by atoms with Crippen molar-refractivity contribution < 1.29 is 0 Å². The van der Waals surface area contributed by atoms with Gasteiger partial charge in [-0.2, -0.15) is 0 Å². The highest BCUT2D eigenvalue weighted by atomic mass is 14.6. The van der Waals surface area contributed by atoms with Gasteiger partial charge in [-0.25, -0.2) is 0 Å². The molecule has 0 aliphatic carbocycles. The van der Waals surface area contributed by atoms with Crippen LogP contribution in [0.15, 0.2) is 91.0 Å². The number of anilines is 2. The Morgan fingerprint density at radius 2 is 1.14 bits per heavy atom. The summed E-state index contributed by atoms with van der Waals surface area (Å²) in [6.45, 7) is 0.521. The Hall–Kier alpha value is -3.56. The van der Waals surface area contributed by atoms with Crippen molar-refractivity contribution in [3.05, 3.63) is 96.6 Å². The predicted molar refractivity (Wildman–Crippen MR) is 119 cm³/mol. The number of nitrogens with two attached hydrogens (primary N) is 3. The van der Waals surface area contributed by atoms with Crippen molar-refractivity contribution in [1.29, 1.82) is 0 Å². The molecule has 0 heterocycles. The lowest BCUT2D eigenvalue weighted by atomic mass is 9.86. The van der Waals surface area contributed by atoms with E-state index in [0.717, 1.165) is 50.3 Å². The monoisotopic (exact) mass is 365 g/mol. The molecule has 138 valence electrons. The van der Waals surface area contributed by atoms with Crippen molar-refractivity contribution in [2.45, 2.75) is 6.54 Å². The molecule has 28 heavy (non-hydrogen) atoms. The standard InChI is InChI=1S/C25H23N3/c26-16-17-6-8-20(9-7-17)25-23(28)15-14-22(18-10-12-21(27)13-11-18)24(25)19-4-2-1-3-5-19/h1-15H,16,26-28H2. The van der Waals surface area contributed by atoms with Crippen molar-refractivity contribution in [2.24, 2.45) is 5.73 Å². The molecule has 0 unspecified atom stereocenters. The second kappa shape index (κ2) is 7.59. The topological polar surface area (TPSA) is 78.1 Å². The lowest BCUT2D eigenvalue weighted by molar-refractivity contribution is 1.07. The Kier molecular flexibility index (Phi) is 4.83. The van der Waals surface area contributed by atoms with E-state index in [-0.39, 0.29) is 0 Å². The van der Waals surface area contributed by atoms with Gasteiger partial charge in [0.05, 0.1) is 0 Å². The summed E-state index contributed by atoms with van der Waals surface area (Å²) in [5.41, 5.74) is 27.3. The number of rotatable bonds is 4. The van der Waals surface area contributed by atoms with Gasteiger partial charge < -0.3 is 17.2 Å². The van der Waals surface area contributed by atoms with Crippen molar-refractivity contribution in [3.63, 3.8) is 0 Å². The summed E-state index contributed by atoms with van der Waals surface area (Å²) >= 11 is 0. The zero-order valence-electron chi connectivity index (χ0n) is 15.6. The van der Waals surface area contributed by atoms with Gasteiger partial charge >= 0.3 is 0 Å². The number of hydrogen-bond acceptors (Lipinski definition) is 3. The lowest BCUT2D eigenvalue weighted by Gasteiger charge is -2.19. The van der Waals surface area contributed by atoms with E-state index in [1.165, 1.54) is 0 Å². The molecule has 4 aromatic carbocycles. The number of benzene rings is 4. The molecule has 0 radical (unpaired) electrons. The Balaban J connectivity index is 2.01. The summed E-state index contributed by atoms with van der Waals surface area (Å²) < 4.78 is 0. The molecule has 4 aromatic rings. The van der Waals surface area contributed by atoms with Crippen LogP contribution in [-0.4, -0.2) is 0 Å².